The van der Waals surface area contributed by atoms with Crippen molar-refractivity contribution in [3.63, 3.8) is 0 Å². The summed E-state index contributed by atoms with van der Waals surface area (Å²) in [5.41, 5.74) is 0.660. The Balaban J connectivity index is 1.55. The third kappa shape index (κ3) is 5.91. The smallest absolute Gasteiger partial charge is 0.241 e. The van der Waals surface area contributed by atoms with E-state index in [2.05, 4.69) is 16.0 Å². The van der Waals surface area contributed by atoms with Gasteiger partial charge in [-0.2, -0.15) is 0 Å². The number of aryl methyl sites for hydroxylation is 1. The van der Waals surface area contributed by atoms with Crippen molar-refractivity contribution in [2.24, 2.45) is 0 Å². The topological polar surface area (TPSA) is 123 Å². The van der Waals surface area contributed by atoms with Crippen molar-refractivity contribution in [2.75, 3.05) is 31.8 Å². The van der Waals surface area contributed by atoms with E-state index in [-0.39, 0.29) is 23.1 Å². The molecule has 2 aromatic carbocycles. The molecule has 2 atom stereocenters. The molecule has 0 saturated carbocycles. The number of nitrogens with one attached hydrogen (secondary N) is 3. The normalized spacial score (nSPS) is 18.4. The summed E-state index contributed by atoms with van der Waals surface area (Å²) in [7, 11) is -0.912. The fourth-order valence-corrected chi connectivity index (χ4v) is 5.70. The Morgan fingerprint density at radius 3 is 2.55 bits per heavy atom. The monoisotopic (exact) mass is 513 g/mol. The van der Waals surface area contributed by atoms with E-state index >= 15 is 0 Å². The van der Waals surface area contributed by atoms with Gasteiger partial charge >= 0.3 is 0 Å². The van der Waals surface area contributed by atoms with Crippen LogP contribution in [0.15, 0.2) is 41.3 Å². The molecule has 1 aliphatic rings. The maximum Gasteiger partial charge on any atom is 0.241 e. The SMILES string of the molecule is COc1ccc(NC(=O)CSC2NCC(S(=O)(=O)c3ccc(C)c(Cl)c3)C(=O)N2)cc1OC. The molecule has 9 nitrogen and oxygen atoms in total. The second-order valence-corrected chi connectivity index (χ2v) is 10.8. The van der Waals surface area contributed by atoms with Gasteiger partial charge in [0.2, 0.25) is 11.8 Å². The lowest BCUT2D eigenvalue weighted by molar-refractivity contribution is -0.122. The Bertz CT molecular complexity index is 1160. The van der Waals surface area contributed by atoms with Crippen molar-refractivity contribution in [1.82, 2.24) is 10.6 Å². The third-order valence-electron chi connectivity index (χ3n) is 4.95. The number of hydrogen-bond donors (Lipinski definition) is 3. The fourth-order valence-electron chi connectivity index (χ4n) is 3.12. The van der Waals surface area contributed by atoms with Crippen LogP contribution < -0.4 is 25.4 Å². The minimum Gasteiger partial charge on any atom is -0.493 e. The molecule has 0 aliphatic carbocycles. The Morgan fingerprint density at radius 2 is 1.91 bits per heavy atom. The van der Waals surface area contributed by atoms with Crippen LogP contribution in [0.25, 0.3) is 0 Å². The van der Waals surface area contributed by atoms with E-state index in [1.54, 1.807) is 31.2 Å². The molecular formula is C21H24ClN3O6S2. The average molecular weight is 514 g/mol. The number of sulfone groups is 1. The zero-order valence-electron chi connectivity index (χ0n) is 18.2. The lowest BCUT2D eigenvalue weighted by Crippen LogP contribution is -2.59. The van der Waals surface area contributed by atoms with E-state index in [1.165, 1.54) is 26.4 Å². The minimum atomic E-state index is -3.93. The van der Waals surface area contributed by atoms with Gasteiger partial charge in [0.15, 0.2) is 26.6 Å². The van der Waals surface area contributed by atoms with Crippen LogP contribution in [0.3, 0.4) is 0 Å². The summed E-state index contributed by atoms with van der Waals surface area (Å²) in [4.78, 5) is 24.8. The first kappa shape index (κ1) is 25.2. The maximum absolute atomic E-state index is 12.9. The molecule has 1 fully saturated rings. The van der Waals surface area contributed by atoms with E-state index in [9.17, 15) is 18.0 Å². The standard InChI is InChI=1S/C21H24ClN3O6S2/c1-12-4-6-14(9-15(12)22)33(28,29)18-10-23-21(25-20(18)27)32-11-19(26)24-13-5-7-16(30-2)17(8-13)31-3/h4-9,18,21,23H,10-11H2,1-3H3,(H,24,26)(H,25,27). The molecule has 12 heteroatoms. The first-order valence-electron chi connectivity index (χ1n) is 9.83. The number of ether oxygens (including phenoxy) is 2. The lowest BCUT2D eigenvalue weighted by atomic mass is 10.2. The summed E-state index contributed by atoms with van der Waals surface area (Å²) < 4.78 is 36.1. The van der Waals surface area contributed by atoms with Crippen LogP contribution in [0.4, 0.5) is 5.69 Å². The van der Waals surface area contributed by atoms with Gasteiger partial charge in [-0.1, -0.05) is 17.7 Å². The predicted molar refractivity (Wildman–Crippen MR) is 128 cm³/mol. The largest absolute Gasteiger partial charge is 0.493 e. The van der Waals surface area contributed by atoms with Gasteiger partial charge in [0.05, 0.1) is 24.9 Å². The number of carbonyl (C=O) groups is 2. The third-order valence-corrected chi connectivity index (χ3v) is 8.44. The lowest BCUT2D eigenvalue weighted by Gasteiger charge is -2.29. The predicted octanol–water partition coefficient (Wildman–Crippen LogP) is 2.18. The summed E-state index contributed by atoms with van der Waals surface area (Å²) in [5, 5.41) is 7.32. The molecule has 1 heterocycles. The molecule has 0 radical (unpaired) electrons. The van der Waals surface area contributed by atoms with Gasteiger partial charge in [-0.05, 0) is 36.8 Å². The number of amides is 2. The van der Waals surface area contributed by atoms with Gasteiger partial charge in [0.1, 0.15) is 5.50 Å². The second kappa shape index (κ2) is 10.6. The summed E-state index contributed by atoms with van der Waals surface area (Å²) in [5.74, 6) is 0.107. The number of benzene rings is 2. The number of rotatable bonds is 8. The van der Waals surface area contributed by atoms with Gasteiger partial charge in [-0.25, -0.2) is 8.42 Å². The van der Waals surface area contributed by atoms with E-state index in [1.807, 2.05) is 0 Å². The van der Waals surface area contributed by atoms with Crippen LogP contribution in [0.2, 0.25) is 5.02 Å². The van der Waals surface area contributed by atoms with Crippen molar-refractivity contribution >= 4 is 50.7 Å². The molecule has 0 bridgehead atoms. The van der Waals surface area contributed by atoms with Crippen LogP contribution in [-0.2, 0) is 19.4 Å². The fraction of sp³-hybridized carbons (Fsp3) is 0.333. The van der Waals surface area contributed by atoms with Gasteiger partial charge in [0.25, 0.3) is 0 Å². The van der Waals surface area contributed by atoms with Crippen molar-refractivity contribution < 1.29 is 27.5 Å². The van der Waals surface area contributed by atoms with Crippen molar-refractivity contribution in [2.45, 2.75) is 22.6 Å². The van der Waals surface area contributed by atoms with Crippen molar-refractivity contribution in [1.29, 1.82) is 0 Å². The summed E-state index contributed by atoms with van der Waals surface area (Å²) in [6.07, 6.45) is 0. The Labute approximate surface area is 201 Å². The van der Waals surface area contributed by atoms with Crippen molar-refractivity contribution in [3.05, 3.63) is 47.0 Å². The van der Waals surface area contributed by atoms with E-state index in [0.717, 1.165) is 17.3 Å². The number of carbonyl (C=O) groups excluding carboxylic acids is 2. The molecule has 1 aliphatic heterocycles. The highest BCUT2D eigenvalue weighted by molar-refractivity contribution is 8.00. The average Bonchev–Trinajstić information content (AvgIpc) is 2.79. The number of thioether (sulfide) groups is 1. The molecule has 2 amide bonds. The summed E-state index contributed by atoms with van der Waals surface area (Å²) >= 11 is 7.18. The second-order valence-electron chi connectivity index (χ2n) is 7.17. The Hall–Kier alpha value is -2.47. The van der Waals surface area contributed by atoms with Crippen LogP contribution in [0.5, 0.6) is 11.5 Å². The summed E-state index contributed by atoms with van der Waals surface area (Å²) in [6.45, 7) is 1.67. The zero-order valence-corrected chi connectivity index (χ0v) is 20.6. The minimum absolute atomic E-state index is 0.0135. The molecule has 2 unspecified atom stereocenters. The van der Waals surface area contributed by atoms with Crippen LogP contribution in [0.1, 0.15) is 5.56 Å². The molecule has 178 valence electrons. The number of halogens is 1. The van der Waals surface area contributed by atoms with E-state index in [0.29, 0.717) is 22.2 Å². The Morgan fingerprint density at radius 1 is 1.18 bits per heavy atom. The first-order valence-corrected chi connectivity index (χ1v) is 12.8. The molecule has 0 aromatic heterocycles. The molecule has 33 heavy (non-hydrogen) atoms. The molecule has 3 N–H and O–H groups in total. The molecule has 1 saturated heterocycles. The highest BCUT2D eigenvalue weighted by Gasteiger charge is 2.38. The maximum atomic E-state index is 12.9. The summed E-state index contributed by atoms with van der Waals surface area (Å²) in [6, 6.07) is 9.36. The van der Waals surface area contributed by atoms with Gasteiger partial charge in [0, 0.05) is 23.3 Å². The Kier molecular flexibility index (Phi) is 8.11. The van der Waals surface area contributed by atoms with Crippen molar-refractivity contribution in [3.8, 4) is 11.5 Å². The first-order chi connectivity index (χ1) is 15.6. The highest BCUT2D eigenvalue weighted by atomic mass is 35.5. The van der Waals surface area contributed by atoms with Crippen LogP contribution in [-0.4, -0.2) is 57.5 Å². The van der Waals surface area contributed by atoms with E-state index in [4.69, 9.17) is 21.1 Å². The molecule has 3 rings (SSSR count). The molecular weight excluding hydrogens is 490 g/mol. The van der Waals surface area contributed by atoms with E-state index < -0.39 is 26.5 Å². The van der Waals surface area contributed by atoms with Crippen LogP contribution in [0, 0.1) is 6.92 Å². The number of hydrogen-bond acceptors (Lipinski definition) is 8. The van der Waals surface area contributed by atoms with Gasteiger partial charge in [-0.3, -0.25) is 14.9 Å². The highest BCUT2D eigenvalue weighted by Crippen LogP contribution is 2.30. The quantitative estimate of drug-likeness (QED) is 0.491. The number of methoxy groups -OCH3 is 2. The number of anilines is 1. The zero-order chi connectivity index (χ0) is 24.2. The van der Waals surface area contributed by atoms with Gasteiger partial charge < -0.3 is 20.1 Å². The molecule has 0 spiro atoms. The van der Waals surface area contributed by atoms with Gasteiger partial charge in [-0.15, -0.1) is 11.8 Å². The van der Waals surface area contributed by atoms with Crippen LogP contribution >= 0.6 is 23.4 Å². The molecule has 2 aromatic rings.